The van der Waals surface area contributed by atoms with Gasteiger partial charge in [-0.3, -0.25) is 14.2 Å². The first-order valence-corrected chi connectivity index (χ1v) is 7.32. The molecule has 0 aliphatic carbocycles. The summed E-state index contributed by atoms with van der Waals surface area (Å²) in [6.07, 6.45) is 3.34. The molecule has 0 saturated carbocycles. The summed E-state index contributed by atoms with van der Waals surface area (Å²) in [7, 11) is 0. The maximum atomic E-state index is 12.2. The third-order valence-electron chi connectivity index (χ3n) is 3.69. The molecule has 1 amide bonds. The molecular weight excluding hydrogens is 290 g/mol. The first-order valence-electron chi connectivity index (χ1n) is 6.94. The maximum Gasteiger partial charge on any atom is 0.244 e. The third kappa shape index (κ3) is 3.10. The van der Waals surface area contributed by atoms with Gasteiger partial charge in [0, 0.05) is 24.3 Å². The number of nitrogens with one attached hydrogen (secondary N) is 1. The van der Waals surface area contributed by atoms with Crippen molar-refractivity contribution in [3.63, 3.8) is 0 Å². The van der Waals surface area contributed by atoms with E-state index in [0.29, 0.717) is 11.6 Å². The summed E-state index contributed by atoms with van der Waals surface area (Å²) in [5.74, 6) is -0.0958. The molecule has 0 spiro atoms. The largest absolute Gasteiger partial charge is 0.350 e. The minimum atomic E-state index is -0.404. The Morgan fingerprint density at radius 1 is 1.33 bits per heavy atom. The van der Waals surface area contributed by atoms with Crippen LogP contribution in [0.4, 0.5) is 0 Å². The molecule has 1 unspecified atom stereocenters. The van der Waals surface area contributed by atoms with Gasteiger partial charge in [0.2, 0.25) is 5.91 Å². The number of hydrogen-bond donors (Lipinski definition) is 1. The molecule has 1 atom stereocenters. The minimum Gasteiger partial charge on any atom is -0.350 e. The van der Waals surface area contributed by atoms with Crippen LogP contribution in [0.1, 0.15) is 36.8 Å². The Kier molecular flexibility index (Phi) is 4.67. The lowest BCUT2D eigenvalue weighted by molar-refractivity contribution is -0.124. The SMILES string of the molecule is CCn1ncc(CNC(=O)C(C)n2ncc(Cl)c2C)c1C. The highest BCUT2D eigenvalue weighted by Crippen LogP contribution is 2.18. The molecule has 0 fully saturated rings. The van der Waals surface area contributed by atoms with Crippen LogP contribution >= 0.6 is 11.6 Å². The minimum absolute atomic E-state index is 0.0958. The summed E-state index contributed by atoms with van der Waals surface area (Å²) in [6.45, 7) is 8.96. The molecule has 21 heavy (non-hydrogen) atoms. The van der Waals surface area contributed by atoms with Crippen LogP contribution in [0.2, 0.25) is 5.02 Å². The van der Waals surface area contributed by atoms with Gasteiger partial charge in [-0.05, 0) is 27.7 Å². The summed E-state index contributed by atoms with van der Waals surface area (Å²) in [5.41, 5.74) is 2.88. The molecule has 0 aromatic carbocycles. The molecule has 0 radical (unpaired) electrons. The topological polar surface area (TPSA) is 64.7 Å². The quantitative estimate of drug-likeness (QED) is 0.921. The molecule has 114 valence electrons. The molecular formula is C14H20ClN5O. The van der Waals surface area contributed by atoms with E-state index in [0.717, 1.165) is 23.5 Å². The second kappa shape index (κ2) is 6.30. The van der Waals surface area contributed by atoms with Crippen molar-refractivity contribution in [3.05, 3.63) is 34.4 Å². The van der Waals surface area contributed by atoms with Gasteiger partial charge >= 0.3 is 0 Å². The Morgan fingerprint density at radius 2 is 2.05 bits per heavy atom. The van der Waals surface area contributed by atoms with E-state index in [1.807, 2.05) is 25.5 Å². The summed E-state index contributed by atoms with van der Waals surface area (Å²) in [6, 6.07) is -0.404. The first kappa shape index (κ1) is 15.6. The molecule has 0 aliphatic heterocycles. The van der Waals surface area contributed by atoms with Crippen LogP contribution in [0.25, 0.3) is 0 Å². The Morgan fingerprint density at radius 3 is 2.57 bits per heavy atom. The van der Waals surface area contributed by atoms with Crippen molar-refractivity contribution in [1.29, 1.82) is 0 Å². The molecule has 2 aromatic rings. The van der Waals surface area contributed by atoms with E-state index < -0.39 is 6.04 Å². The van der Waals surface area contributed by atoms with Crippen LogP contribution in [0.5, 0.6) is 0 Å². The smallest absolute Gasteiger partial charge is 0.244 e. The van der Waals surface area contributed by atoms with E-state index in [2.05, 4.69) is 15.5 Å². The monoisotopic (exact) mass is 309 g/mol. The lowest BCUT2D eigenvalue weighted by Gasteiger charge is -2.14. The van der Waals surface area contributed by atoms with Crippen molar-refractivity contribution in [2.75, 3.05) is 0 Å². The number of halogens is 1. The maximum absolute atomic E-state index is 12.2. The molecule has 0 saturated heterocycles. The summed E-state index contributed by atoms with van der Waals surface area (Å²) < 4.78 is 3.53. The lowest BCUT2D eigenvalue weighted by Crippen LogP contribution is -2.31. The van der Waals surface area contributed by atoms with Crippen LogP contribution in [0.15, 0.2) is 12.4 Å². The number of hydrogen-bond acceptors (Lipinski definition) is 3. The van der Waals surface area contributed by atoms with Crippen LogP contribution in [0, 0.1) is 13.8 Å². The van der Waals surface area contributed by atoms with Gasteiger partial charge < -0.3 is 5.32 Å². The van der Waals surface area contributed by atoms with E-state index in [-0.39, 0.29) is 5.91 Å². The average Bonchev–Trinajstić information content (AvgIpc) is 2.99. The lowest BCUT2D eigenvalue weighted by atomic mass is 10.2. The van der Waals surface area contributed by atoms with Gasteiger partial charge in [0.1, 0.15) is 6.04 Å². The second-order valence-electron chi connectivity index (χ2n) is 4.99. The second-order valence-corrected chi connectivity index (χ2v) is 5.39. The first-order chi connectivity index (χ1) is 9.95. The number of nitrogens with zero attached hydrogens (tertiary/aromatic N) is 4. The molecule has 7 heteroatoms. The summed E-state index contributed by atoms with van der Waals surface area (Å²) >= 11 is 5.96. The highest BCUT2D eigenvalue weighted by atomic mass is 35.5. The predicted octanol–water partition coefficient (Wildman–Crippen LogP) is 2.25. The molecule has 2 rings (SSSR count). The molecule has 6 nitrogen and oxygen atoms in total. The average molecular weight is 310 g/mol. The Hall–Kier alpha value is -1.82. The highest BCUT2D eigenvalue weighted by Gasteiger charge is 2.18. The Balaban J connectivity index is 2.01. The van der Waals surface area contributed by atoms with Crippen LogP contribution in [-0.4, -0.2) is 25.5 Å². The van der Waals surface area contributed by atoms with Gasteiger partial charge in [0.05, 0.1) is 23.1 Å². The van der Waals surface area contributed by atoms with E-state index in [1.165, 1.54) is 0 Å². The van der Waals surface area contributed by atoms with E-state index in [1.54, 1.807) is 24.0 Å². The predicted molar refractivity (Wildman–Crippen MR) is 81.2 cm³/mol. The van der Waals surface area contributed by atoms with Crippen molar-refractivity contribution < 1.29 is 4.79 Å². The summed E-state index contributed by atoms with van der Waals surface area (Å²) in [4.78, 5) is 12.2. The fraction of sp³-hybridized carbons (Fsp3) is 0.500. The van der Waals surface area contributed by atoms with Crippen molar-refractivity contribution in [2.45, 2.75) is 46.8 Å². The molecule has 2 aromatic heterocycles. The molecule has 0 aliphatic rings. The number of aromatic nitrogens is 4. The Bertz CT molecular complexity index is 646. The van der Waals surface area contributed by atoms with Gasteiger partial charge in [-0.1, -0.05) is 11.6 Å². The van der Waals surface area contributed by atoms with Gasteiger partial charge in [-0.15, -0.1) is 0 Å². The van der Waals surface area contributed by atoms with Crippen molar-refractivity contribution >= 4 is 17.5 Å². The number of rotatable bonds is 5. The number of carbonyl (C=O) groups is 1. The fourth-order valence-corrected chi connectivity index (χ4v) is 2.34. The zero-order chi connectivity index (χ0) is 15.6. The highest BCUT2D eigenvalue weighted by molar-refractivity contribution is 6.31. The molecule has 0 bridgehead atoms. The summed E-state index contributed by atoms with van der Waals surface area (Å²) in [5, 5.41) is 11.9. The van der Waals surface area contributed by atoms with Crippen molar-refractivity contribution in [1.82, 2.24) is 24.9 Å². The van der Waals surface area contributed by atoms with Crippen molar-refractivity contribution in [2.24, 2.45) is 0 Å². The molecule has 1 N–H and O–H groups in total. The van der Waals surface area contributed by atoms with E-state index in [4.69, 9.17) is 11.6 Å². The normalized spacial score (nSPS) is 12.4. The van der Waals surface area contributed by atoms with Crippen LogP contribution < -0.4 is 5.32 Å². The van der Waals surface area contributed by atoms with Gasteiger partial charge in [0.25, 0.3) is 0 Å². The standard InChI is InChI=1S/C14H20ClN5O/c1-5-19-9(2)12(7-17-19)6-16-14(21)11(4)20-10(3)13(15)8-18-20/h7-8,11H,5-6H2,1-4H3,(H,16,21). The zero-order valence-corrected chi connectivity index (χ0v) is 13.5. The number of carbonyl (C=O) groups excluding carboxylic acids is 1. The van der Waals surface area contributed by atoms with E-state index >= 15 is 0 Å². The van der Waals surface area contributed by atoms with Gasteiger partial charge in [0.15, 0.2) is 0 Å². The fourth-order valence-electron chi connectivity index (χ4n) is 2.21. The van der Waals surface area contributed by atoms with Crippen LogP contribution in [-0.2, 0) is 17.9 Å². The Labute approximate surface area is 129 Å². The zero-order valence-electron chi connectivity index (χ0n) is 12.7. The van der Waals surface area contributed by atoms with Gasteiger partial charge in [-0.2, -0.15) is 10.2 Å². The van der Waals surface area contributed by atoms with Crippen LogP contribution in [0.3, 0.4) is 0 Å². The molecule has 2 heterocycles. The van der Waals surface area contributed by atoms with E-state index in [9.17, 15) is 4.79 Å². The van der Waals surface area contributed by atoms with Crippen molar-refractivity contribution in [3.8, 4) is 0 Å². The third-order valence-corrected chi connectivity index (χ3v) is 4.06. The number of amides is 1. The number of aryl methyl sites for hydroxylation is 1. The van der Waals surface area contributed by atoms with Gasteiger partial charge in [-0.25, -0.2) is 0 Å².